The molecule has 6 nitrogen and oxygen atoms in total. The first kappa shape index (κ1) is 16.2. The predicted octanol–water partition coefficient (Wildman–Crippen LogP) is 0.924. The average molecular weight is 299 g/mol. The fourth-order valence-corrected chi connectivity index (χ4v) is 3.33. The average Bonchev–Trinajstić information content (AvgIpc) is 2.53. The second-order valence-electron chi connectivity index (χ2n) is 6.10. The number of rotatable bonds is 5. The summed E-state index contributed by atoms with van der Waals surface area (Å²) in [6, 6.07) is -0.721. The molecule has 21 heavy (non-hydrogen) atoms. The number of hydrogen-bond donors (Lipinski definition) is 3. The van der Waals surface area contributed by atoms with Crippen molar-refractivity contribution in [3.63, 3.8) is 0 Å². The van der Waals surface area contributed by atoms with Crippen LogP contribution >= 0.6 is 0 Å². The van der Waals surface area contributed by atoms with Crippen molar-refractivity contribution in [2.45, 2.75) is 57.1 Å². The van der Waals surface area contributed by atoms with Crippen molar-refractivity contribution in [1.29, 1.82) is 0 Å². The fraction of sp³-hybridized carbons (Fsp3) is 0.867. The minimum atomic E-state index is -1.55. The molecule has 1 aliphatic carbocycles. The molecule has 1 amide bonds. The summed E-state index contributed by atoms with van der Waals surface area (Å²) in [5, 5.41) is 21.8. The van der Waals surface area contributed by atoms with Crippen LogP contribution < -0.4 is 5.32 Å². The lowest BCUT2D eigenvalue weighted by Crippen LogP contribution is -2.53. The lowest BCUT2D eigenvalue weighted by molar-refractivity contribution is -0.150. The van der Waals surface area contributed by atoms with Gasteiger partial charge in [-0.2, -0.15) is 0 Å². The van der Waals surface area contributed by atoms with Gasteiger partial charge in [0.2, 0.25) is 5.91 Å². The van der Waals surface area contributed by atoms with Crippen molar-refractivity contribution in [2.24, 2.45) is 11.8 Å². The number of amides is 1. The molecule has 1 aliphatic heterocycles. The number of carboxylic acids is 1. The highest BCUT2D eigenvalue weighted by Crippen LogP contribution is 2.26. The Morgan fingerprint density at radius 1 is 1.05 bits per heavy atom. The van der Waals surface area contributed by atoms with E-state index < -0.39 is 18.1 Å². The van der Waals surface area contributed by atoms with E-state index in [0.717, 1.165) is 32.1 Å². The molecule has 2 rings (SSSR count). The van der Waals surface area contributed by atoms with Gasteiger partial charge in [0.15, 0.2) is 6.10 Å². The normalized spacial score (nSPS) is 24.2. The largest absolute Gasteiger partial charge is 0.479 e. The number of carbonyl (C=O) groups excluding carboxylic acids is 1. The van der Waals surface area contributed by atoms with Crippen molar-refractivity contribution >= 4 is 11.9 Å². The van der Waals surface area contributed by atoms with Crippen molar-refractivity contribution in [3.8, 4) is 0 Å². The van der Waals surface area contributed by atoms with E-state index in [9.17, 15) is 14.7 Å². The van der Waals surface area contributed by atoms with Gasteiger partial charge in [-0.25, -0.2) is 4.79 Å². The summed E-state index contributed by atoms with van der Waals surface area (Å²) in [5.74, 6) is -1.47. The Morgan fingerprint density at radius 2 is 1.67 bits per heavy atom. The van der Waals surface area contributed by atoms with Crippen LogP contribution in [0.25, 0.3) is 0 Å². The van der Waals surface area contributed by atoms with Crippen LogP contribution in [-0.2, 0) is 14.3 Å². The summed E-state index contributed by atoms with van der Waals surface area (Å²) in [6.45, 7) is 1.10. The highest BCUT2D eigenvalue weighted by molar-refractivity contribution is 5.81. The first-order valence-corrected chi connectivity index (χ1v) is 7.88. The lowest BCUT2D eigenvalue weighted by Gasteiger charge is -2.34. The van der Waals surface area contributed by atoms with Crippen LogP contribution in [0.1, 0.15) is 44.9 Å². The van der Waals surface area contributed by atoms with Crippen LogP contribution in [0.15, 0.2) is 0 Å². The van der Waals surface area contributed by atoms with Gasteiger partial charge in [-0.05, 0) is 31.6 Å². The molecular formula is C15H25NO5. The maximum absolute atomic E-state index is 12.3. The van der Waals surface area contributed by atoms with Crippen molar-refractivity contribution in [3.05, 3.63) is 0 Å². The number of aliphatic hydroxyl groups is 1. The van der Waals surface area contributed by atoms with Crippen LogP contribution in [0.4, 0.5) is 0 Å². The maximum atomic E-state index is 12.3. The van der Waals surface area contributed by atoms with Gasteiger partial charge in [0.05, 0.1) is 6.04 Å². The van der Waals surface area contributed by atoms with Gasteiger partial charge in [0, 0.05) is 19.1 Å². The second-order valence-corrected chi connectivity index (χ2v) is 6.10. The zero-order chi connectivity index (χ0) is 15.2. The molecule has 0 aromatic heterocycles. The molecular weight excluding hydrogens is 274 g/mol. The van der Waals surface area contributed by atoms with E-state index in [1.807, 2.05) is 0 Å². The summed E-state index contributed by atoms with van der Waals surface area (Å²) < 4.78 is 5.27. The zero-order valence-electron chi connectivity index (χ0n) is 12.3. The first-order chi connectivity index (χ1) is 10.1. The minimum absolute atomic E-state index is 0.0397. The molecule has 0 aromatic carbocycles. The number of hydrogen-bond acceptors (Lipinski definition) is 4. The van der Waals surface area contributed by atoms with Crippen LogP contribution in [0.5, 0.6) is 0 Å². The molecule has 1 saturated carbocycles. The van der Waals surface area contributed by atoms with Crippen LogP contribution in [0, 0.1) is 11.8 Å². The Kier molecular flexibility index (Phi) is 5.99. The third-order valence-corrected chi connectivity index (χ3v) is 4.65. The van der Waals surface area contributed by atoms with E-state index in [1.165, 1.54) is 0 Å². The van der Waals surface area contributed by atoms with E-state index in [4.69, 9.17) is 9.84 Å². The summed E-state index contributed by atoms with van der Waals surface area (Å²) in [7, 11) is 0. The summed E-state index contributed by atoms with van der Waals surface area (Å²) in [6.07, 6.45) is 4.74. The van der Waals surface area contributed by atoms with E-state index in [0.29, 0.717) is 26.1 Å². The second kappa shape index (κ2) is 7.75. The maximum Gasteiger partial charge on any atom is 0.334 e. The Morgan fingerprint density at radius 3 is 2.24 bits per heavy atom. The summed E-state index contributed by atoms with van der Waals surface area (Å²) in [5.41, 5.74) is 0. The molecule has 6 heteroatoms. The van der Waals surface area contributed by atoms with Crippen molar-refractivity contribution in [2.75, 3.05) is 13.2 Å². The third kappa shape index (κ3) is 4.41. The lowest BCUT2D eigenvalue weighted by atomic mass is 9.85. The number of aliphatic hydroxyl groups excluding tert-OH is 1. The Labute approximate surface area is 124 Å². The number of ether oxygens (including phenoxy) is 1. The van der Waals surface area contributed by atoms with Gasteiger partial charge in [0.25, 0.3) is 0 Å². The predicted molar refractivity (Wildman–Crippen MR) is 75.7 cm³/mol. The Bertz CT molecular complexity index is 361. The molecule has 120 valence electrons. The Hall–Kier alpha value is -1.14. The number of carboxylic acid groups (broad SMARTS) is 1. The first-order valence-electron chi connectivity index (χ1n) is 7.88. The number of carbonyl (C=O) groups is 2. The van der Waals surface area contributed by atoms with Gasteiger partial charge in [-0.1, -0.05) is 19.3 Å². The molecule has 0 radical (unpaired) electrons. The van der Waals surface area contributed by atoms with Crippen LogP contribution in [0.3, 0.4) is 0 Å². The third-order valence-electron chi connectivity index (χ3n) is 4.65. The molecule has 2 unspecified atom stereocenters. The van der Waals surface area contributed by atoms with E-state index in [-0.39, 0.29) is 17.7 Å². The van der Waals surface area contributed by atoms with Gasteiger partial charge >= 0.3 is 5.97 Å². The molecule has 0 aromatic rings. The standard InChI is InChI=1S/C15H25NO5/c17-13(15(19)20)12(10-6-8-21-9-7-10)16-14(18)11-4-2-1-3-5-11/h10-13,17H,1-9H2,(H,16,18)(H,19,20). The molecule has 1 saturated heterocycles. The fourth-order valence-electron chi connectivity index (χ4n) is 3.33. The SMILES string of the molecule is O=C(NC(C1CCOCC1)C(O)C(=O)O)C1CCCCC1. The van der Waals surface area contributed by atoms with E-state index in [1.54, 1.807) is 0 Å². The topological polar surface area (TPSA) is 95.9 Å². The number of aliphatic carboxylic acids is 1. The molecule has 2 aliphatic rings. The van der Waals surface area contributed by atoms with Crippen LogP contribution in [-0.4, -0.2) is 47.4 Å². The highest BCUT2D eigenvalue weighted by atomic mass is 16.5. The van der Waals surface area contributed by atoms with Crippen molar-refractivity contribution < 1.29 is 24.5 Å². The minimum Gasteiger partial charge on any atom is -0.479 e. The molecule has 0 bridgehead atoms. The van der Waals surface area contributed by atoms with Gasteiger partial charge in [-0.3, -0.25) is 4.79 Å². The molecule has 0 spiro atoms. The Balaban J connectivity index is 2.00. The van der Waals surface area contributed by atoms with E-state index >= 15 is 0 Å². The summed E-state index contributed by atoms with van der Waals surface area (Å²) >= 11 is 0. The highest BCUT2D eigenvalue weighted by Gasteiger charge is 2.36. The summed E-state index contributed by atoms with van der Waals surface area (Å²) in [4.78, 5) is 23.4. The number of nitrogens with one attached hydrogen (secondary N) is 1. The zero-order valence-corrected chi connectivity index (χ0v) is 12.3. The monoisotopic (exact) mass is 299 g/mol. The van der Waals surface area contributed by atoms with Crippen LogP contribution in [0.2, 0.25) is 0 Å². The van der Waals surface area contributed by atoms with Crippen molar-refractivity contribution in [1.82, 2.24) is 5.32 Å². The molecule has 2 atom stereocenters. The molecule has 3 N–H and O–H groups in total. The van der Waals surface area contributed by atoms with Gasteiger partial charge < -0.3 is 20.3 Å². The van der Waals surface area contributed by atoms with Gasteiger partial charge in [-0.15, -0.1) is 0 Å². The van der Waals surface area contributed by atoms with E-state index in [2.05, 4.69) is 5.32 Å². The molecule has 1 heterocycles. The molecule has 2 fully saturated rings. The van der Waals surface area contributed by atoms with Gasteiger partial charge in [0.1, 0.15) is 0 Å². The smallest absolute Gasteiger partial charge is 0.334 e. The quantitative estimate of drug-likeness (QED) is 0.701.